The third kappa shape index (κ3) is 5.90. The number of hydrogen-bond donors (Lipinski definition) is 3. The second-order valence-corrected chi connectivity index (χ2v) is 12.9. The highest BCUT2D eigenvalue weighted by molar-refractivity contribution is 7.91. The van der Waals surface area contributed by atoms with Crippen LogP contribution in [0.5, 0.6) is 11.5 Å². The second-order valence-electron chi connectivity index (χ2n) is 11.0. The second kappa shape index (κ2) is 11.7. The zero-order valence-electron chi connectivity index (χ0n) is 23.4. The molecule has 4 aromatic rings. The number of aromatic nitrogens is 2. The first-order valence-electron chi connectivity index (χ1n) is 14.3. The lowest BCUT2D eigenvalue weighted by Crippen LogP contribution is -2.42. The monoisotopic (exact) mass is 604 g/mol. The Morgan fingerprint density at radius 3 is 2.63 bits per heavy atom. The Kier molecular flexibility index (Phi) is 7.75. The fraction of sp³-hybridized carbons (Fsp3) is 0.333. The molecule has 2 heterocycles. The van der Waals surface area contributed by atoms with Crippen molar-refractivity contribution in [2.24, 2.45) is 5.73 Å². The summed E-state index contributed by atoms with van der Waals surface area (Å²) in [7, 11) is -4.39. The molecule has 4 N–H and O–H groups in total. The molecule has 2 aliphatic carbocycles. The van der Waals surface area contributed by atoms with E-state index in [1.54, 1.807) is 18.3 Å². The number of nitro benzene ring substituents is 1. The first kappa shape index (κ1) is 28.6. The number of hydrogen-bond acceptors (Lipinski definition) is 9. The third-order valence-electron chi connectivity index (χ3n) is 8.07. The van der Waals surface area contributed by atoms with Gasteiger partial charge in [-0.2, -0.15) is 0 Å². The molecule has 2 saturated carbocycles. The molecule has 0 aliphatic heterocycles. The molecular formula is C30H32N6O6S. The predicted molar refractivity (Wildman–Crippen MR) is 160 cm³/mol. The molecule has 12 nitrogen and oxygen atoms in total. The number of primary amides is 1. The summed E-state index contributed by atoms with van der Waals surface area (Å²) in [4.78, 5) is 32.8. The van der Waals surface area contributed by atoms with Crippen molar-refractivity contribution < 1.29 is 22.9 Å². The predicted octanol–water partition coefficient (Wildman–Crippen LogP) is 5.01. The lowest BCUT2D eigenvalue weighted by Gasteiger charge is -2.38. The van der Waals surface area contributed by atoms with Crippen molar-refractivity contribution in [2.75, 3.05) is 18.4 Å². The number of ether oxygens (including phenoxy) is 1. The summed E-state index contributed by atoms with van der Waals surface area (Å²) < 4.78 is 33.7. The summed E-state index contributed by atoms with van der Waals surface area (Å²) in [6.07, 6.45) is 10.1. The van der Waals surface area contributed by atoms with Crippen LogP contribution in [-0.2, 0) is 9.84 Å². The van der Waals surface area contributed by atoms with E-state index in [1.807, 2.05) is 0 Å². The van der Waals surface area contributed by atoms with Gasteiger partial charge in [-0.05, 0) is 68.5 Å². The number of pyridine rings is 1. The quantitative estimate of drug-likeness (QED) is 0.108. The van der Waals surface area contributed by atoms with Crippen LogP contribution in [-0.4, -0.2) is 59.3 Å². The lowest BCUT2D eigenvalue weighted by atomic mass is 9.91. The third-order valence-corrected chi connectivity index (χ3v) is 9.85. The van der Waals surface area contributed by atoms with Gasteiger partial charge in [0.05, 0.1) is 21.6 Å². The van der Waals surface area contributed by atoms with Gasteiger partial charge in [0, 0.05) is 42.8 Å². The number of nitrogens with one attached hydrogen (secondary N) is 2. The molecule has 0 atom stereocenters. The van der Waals surface area contributed by atoms with Gasteiger partial charge < -0.3 is 20.8 Å². The van der Waals surface area contributed by atoms with Gasteiger partial charge in [0.1, 0.15) is 22.0 Å². The number of nitrogens with zero attached hydrogens (tertiary/aromatic N) is 3. The Morgan fingerprint density at radius 1 is 1.14 bits per heavy atom. The van der Waals surface area contributed by atoms with Crippen LogP contribution in [0.25, 0.3) is 11.0 Å². The van der Waals surface area contributed by atoms with E-state index < -0.39 is 20.7 Å². The van der Waals surface area contributed by atoms with Crippen LogP contribution in [0, 0.1) is 10.1 Å². The van der Waals surface area contributed by atoms with Crippen molar-refractivity contribution >= 4 is 38.2 Å². The number of para-hydroxylation sites is 1. The van der Waals surface area contributed by atoms with Crippen LogP contribution < -0.4 is 15.8 Å². The van der Waals surface area contributed by atoms with Crippen molar-refractivity contribution in [1.29, 1.82) is 0 Å². The standard InChI is InChI=1S/C30H32N6O6S/c31-29(37)24-6-2-7-27(28(24)42-22-16-19-12-14-33-30(19)34-18-22)43(40,41)23-10-11-25(26(17-23)36(38)39)32-13-3-15-35(21-8-9-21)20-4-1-5-20/h2,6-7,10-12,14,16-18,20-21,32H,1,3-5,8-9,13,15H2,(H2,31,37)(H,33,34). The van der Waals surface area contributed by atoms with Crippen LogP contribution in [0.3, 0.4) is 0 Å². The zero-order valence-corrected chi connectivity index (χ0v) is 24.2. The minimum Gasteiger partial charge on any atom is -0.453 e. The topological polar surface area (TPSA) is 174 Å². The maximum atomic E-state index is 13.9. The maximum absolute atomic E-state index is 13.9. The molecule has 0 spiro atoms. The van der Waals surface area contributed by atoms with E-state index in [9.17, 15) is 23.3 Å². The number of carbonyl (C=O) groups is 1. The van der Waals surface area contributed by atoms with Gasteiger partial charge >= 0.3 is 0 Å². The van der Waals surface area contributed by atoms with E-state index in [0.717, 1.165) is 19.0 Å². The van der Waals surface area contributed by atoms with Crippen molar-refractivity contribution in [3.05, 3.63) is 76.6 Å². The van der Waals surface area contributed by atoms with E-state index in [-0.39, 0.29) is 38.2 Å². The number of aromatic amines is 1. The fourth-order valence-electron chi connectivity index (χ4n) is 5.50. The molecule has 0 unspecified atom stereocenters. The molecule has 0 saturated heterocycles. The number of carbonyl (C=O) groups excluding carboxylic acids is 1. The molecule has 2 aromatic carbocycles. The smallest absolute Gasteiger partial charge is 0.293 e. The normalized spacial score (nSPS) is 15.4. The van der Waals surface area contributed by atoms with Gasteiger partial charge in [-0.1, -0.05) is 12.5 Å². The Balaban J connectivity index is 1.25. The Hall–Kier alpha value is -4.49. The van der Waals surface area contributed by atoms with Crippen LogP contribution in [0.15, 0.2) is 70.7 Å². The van der Waals surface area contributed by atoms with Gasteiger partial charge in [0.2, 0.25) is 9.84 Å². The number of amides is 1. The number of anilines is 1. The molecular weight excluding hydrogens is 572 g/mol. The summed E-state index contributed by atoms with van der Waals surface area (Å²) in [5, 5.41) is 15.8. The van der Waals surface area contributed by atoms with Crippen LogP contribution in [0.1, 0.15) is 48.9 Å². The first-order valence-corrected chi connectivity index (χ1v) is 15.8. The average Bonchev–Trinajstić information content (AvgIpc) is 3.70. The minimum absolute atomic E-state index is 0.162. The van der Waals surface area contributed by atoms with E-state index in [4.69, 9.17) is 10.5 Å². The number of nitro groups is 1. The Morgan fingerprint density at radius 2 is 1.93 bits per heavy atom. The summed E-state index contributed by atoms with van der Waals surface area (Å²) in [5.74, 6) is -1.01. The summed E-state index contributed by atoms with van der Waals surface area (Å²) >= 11 is 0. The summed E-state index contributed by atoms with van der Waals surface area (Å²) in [6, 6.07) is 12.4. The number of rotatable bonds is 13. The van der Waals surface area contributed by atoms with Crippen molar-refractivity contribution in [3.63, 3.8) is 0 Å². The molecule has 224 valence electrons. The molecule has 0 radical (unpaired) electrons. The van der Waals surface area contributed by atoms with E-state index in [2.05, 4.69) is 20.2 Å². The number of nitrogens with two attached hydrogens (primary N) is 1. The Labute approximate surface area is 248 Å². The molecule has 2 aromatic heterocycles. The van der Waals surface area contributed by atoms with E-state index >= 15 is 0 Å². The molecule has 6 rings (SSSR count). The van der Waals surface area contributed by atoms with Crippen LogP contribution in [0.4, 0.5) is 11.4 Å². The summed E-state index contributed by atoms with van der Waals surface area (Å²) in [6.45, 7) is 1.44. The highest BCUT2D eigenvalue weighted by Gasteiger charge is 2.36. The van der Waals surface area contributed by atoms with Gasteiger partial charge in [0.25, 0.3) is 11.6 Å². The highest BCUT2D eigenvalue weighted by atomic mass is 32.2. The van der Waals surface area contributed by atoms with Crippen LogP contribution >= 0.6 is 0 Å². The van der Waals surface area contributed by atoms with E-state index in [1.165, 1.54) is 68.6 Å². The number of sulfone groups is 1. The van der Waals surface area contributed by atoms with Crippen LogP contribution in [0.2, 0.25) is 0 Å². The molecule has 0 bridgehead atoms. The van der Waals surface area contributed by atoms with Crippen molar-refractivity contribution in [2.45, 2.75) is 60.4 Å². The molecule has 2 fully saturated rings. The Bertz CT molecular complexity index is 1800. The molecule has 43 heavy (non-hydrogen) atoms. The van der Waals surface area contributed by atoms with E-state index in [0.29, 0.717) is 29.7 Å². The number of H-pyrrole nitrogens is 1. The van der Waals surface area contributed by atoms with Gasteiger partial charge in [0.15, 0.2) is 5.75 Å². The van der Waals surface area contributed by atoms with Crippen molar-refractivity contribution in [1.82, 2.24) is 14.9 Å². The highest BCUT2D eigenvalue weighted by Crippen LogP contribution is 2.38. The SMILES string of the molecule is NC(=O)c1cccc(S(=O)(=O)c2ccc(NCCCN(C3CCC3)C3CC3)c([N+](=O)[O-])c2)c1Oc1cnc2[nH]ccc2c1. The van der Waals surface area contributed by atoms with Gasteiger partial charge in [-0.25, -0.2) is 13.4 Å². The molecule has 13 heteroatoms. The number of benzene rings is 2. The fourth-order valence-corrected chi connectivity index (χ4v) is 6.92. The van der Waals surface area contributed by atoms with Crippen molar-refractivity contribution in [3.8, 4) is 11.5 Å². The van der Waals surface area contributed by atoms with Gasteiger partial charge in [-0.15, -0.1) is 0 Å². The summed E-state index contributed by atoms with van der Waals surface area (Å²) in [5.41, 5.74) is 5.87. The minimum atomic E-state index is -4.39. The van der Waals surface area contributed by atoms with Gasteiger partial charge in [-0.3, -0.25) is 19.8 Å². The maximum Gasteiger partial charge on any atom is 0.293 e. The number of fused-ring (bicyclic) bond motifs is 1. The largest absolute Gasteiger partial charge is 0.453 e. The molecule has 2 aliphatic rings. The molecule has 1 amide bonds. The lowest BCUT2D eigenvalue weighted by molar-refractivity contribution is -0.384. The first-order chi connectivity index (χ1) is 20.7. The zero-order chi connectivity index (χ0) is 30.1. The average molecular weight is 605 g/mol.